The van der Waals surface area contributed by atoms with Crippen molar-refractivity contribution in [2.75, 3.05) is 6.54 Å². The van der Waals surface area contributed by atoms with Crippen LogP contribution in [0, 0.1) is 11.8 Å². The predicted molar refractivity (Wildman–Crippen MR) is 105 cm³/mol. The number of carbonyl (C=O) groups excluding carboxylic acids is 3. The van der Waals surface area contributed by atoms with Gasteiger partial charge >= 0.3 is 0 Å². The maximum atomic E-state index is 12.7. The second kappa shape index (κ2) is 6.87. The van der Waals surface area contributed by atoms with Crippen LogP contribution in [-0.4, -0.2) is 58.8 Å². The Morgan fingerprint density at radius 2 is 1.90 bits per heavy atom. The molecule has 7 atom stereocenters. The Morgan fingerprint density at radius 3 is 2.53 bits per heavy atom. The lowest BCUT2D eigenvalue weighted by molar-refractivity contribution is -0.350. The first kappa shape index (κ1) is 21.0. The Morgan fingerprint density at radius 1 is 1.20 bits per heavy atom. The molecule has 0 aromatic rings. The molecule has 30 heavy (non-hydrogen) atoms. The lowest BCUT2D eigenvalue weighted by Crippen LogP contribution is -2.66. The van der Waals surface area contributed by atoms with Crippen LogP contribution in [0.3, 0.4) is 0 Å². The van der Waals surface area contributed by atoms with E-state index in [9.17, 15) is 19.5 Å². The summed E-state index contributed by atoms with van der Waals surface area (Å²) in [7, 11) is 0. The van der Waals surface area contributed by atoms with E-state index in [0.29, 0.717) is 0 Å². The second-order valence-electron chi connectivity index (χ2n) is 8.90. The number of fused-ring (bicyclic) bond motifs is 4. The highest BCUT2D eigenvalue weighted by Gasteiger charge is 2.76. The molecule has 4 heterocycles. The number of allylic oxidation sites excluding steroid dienone is 3. The fourth-order valence-electron chi connectivity index (χ4n) is 4.67. The summed E-state index contributed by atoms with van der Waals surface area (Å²) in [5.74, 6) is -2.59. The number of epoxide rings is 1. The molecule has 0 spiro atoms. The smallest absolute Gasteiger partial charge is 0.259 e. The molecule has 2 N–H and O–H groups in total. The number of hydrogen-bond donors (Lipinski definition) is 2. The van der Waals surface area contributed by atoms with Crippen LogP contribution in [0.25, 0.3) is 0 Å². The van der Waals surface area contributed by atoms with Crippen molar-refractivity contribution in [3.8, 4) is 0 Å². The normalized spacial score (nSPS) is 43.5. The summed E-state index contributed by atoms with van der Waals surface area (Å²) >= 11 is 0. The van der Waals surface area contributed by atoms with Gasteiger partial charge in [0, 0.05) is 11.8 Å². The number of Topliss-reactive ketones (excluding diaryl/α,β-unsaturated/α-hetero) is 2. The van der Waals surface area contributed by atoms with E-state index in [-0.39, 0.29) is 41.6 Å². The molecule has 1 amide bonds. The van der Waals surface area contributed by atoms with Crippen molar-refractivity contribution in [3.05, 3.63) is 35.1 Å². The van der Waals surface area contributed by atoms with Gasteiger partial charge in [-0.25, -0.2) is 0 Å². The van der Waals surface area contributed by atoms with Crippen LogP contribution in [0.1, 0.15) is 34.6 Å². The molecule has 8 nitrogen and oxygen atoms in total. The van der Waals surface area contributed by atoms with Gasteiger partial charge in [0.1, 0.15) is 17.4 Å². The predicted octanol–water partition coefficient (Wildman–Crippen LogP) is 1.51. The van der Waals surface area contributed by atoms with Crippen LogP contribution < -0.4 is 5.32 Å². The Kier molecular flexibility index (Phi) is 4.80. The molecule has 4 rings (SSSR count). The van der Waals surface area contributed by atoms with Gasteiger partial charge in [-0.1, -0.05) is 31.6 Å². The standard InChI is InChI=1S/C22H27NO7/c1-10(6-7-13(24)15-14(25)9-23-20(15)27)8-11(2)17-12(3)18-16(26)19-21(4,30-19)22(5,28-17)29-18/h6-8,11-12,17-19,24H,9H2,1-5H3,(H,23,27)/b7-6+,10-8+,15-13?/t11-,12-,17-,18-,19+,21+,22-/m1/s1. The highest BCUT2D eigenvalue weighted by atomic mass is 16.8. The quantitative estimate of drug-likeness (QED) is 0.234. The fourth-order valence-corrected chi connectivity index (χ4v) is 4.67. The molecule has 0 aromatic heterocycles. The van der Waals surface area contributed by atoms with Crippen LogP contribution in [0.15, 0.2) is 35.1 Å². The third-order valence-corrected chi connectivity index (χ3v) is 6.67. The Labute approximate surface area is 174 Å². The molecule has 4 aliphatic heterocycles. The topological polar surface area (TPSA) is 114 Å². The molecule has 0 unspecified atom stereocenters. The number of ether oxygens (including phenoxy) is 3. The SMILES string of the molecule is CC(/C=C/C(O)=C1C(=O)CNC1=O)=C\[C@@H](C)[C@H]1O[C@]2(C)O[C@@H](C(=O)[C@@H]3O[C@@]32C)[C@@H]1C. The van der Waals surface area contributed by atoms with Gasteiger partial charge in [-0.2, -0.15) is 0 Å². The van der Waals surface area contributed by atoms with Crippen molar-refractivity contribution in [1.82, 2.24) is 5.32 Å². The average Bonchev–Trinajstić information content (AvgIpc) is 3.29. The number of nitrogens with one attached hydrogen (secondary N) is 1. The molecule has 162 valence electrons. The third-order valence-electron chi connectivity index (χ3n) is 6.67. The molecule has 2 bridgehead atoms. The van der Waals surface area contributed by atoms with Crippen LogP contribution in [0.5, 0.6) is 0 Å². The van der Waals surface area contributed by atoms with Crippen molar-refractivity contribution in [2.45, 2.75) is 64.3 Å². The molecule has 0 saturated carbocycles. The summed E-state index contributed by atoms with van der Waals surface area (Å²) in [5, 5.41) is 12.5. The number of ketones is 2. The van der Waals surface area contributed by atoms with Crippen LogP contribution in [0.2, 0.25) is 0 Å². The van der Waals surface area contributed by atoms with Gasteiger partial charge in [-0.3, -0.25) is 14.4 Å². The molecular formula is C22H27NO7. The van der Waals surface area contributed by atoms with Gasteiger partial charge in [-0.05, 0) is 26.8 Å². The zero-order valence-corrected chi connectivity index (χ0v) is 17.7. The Hall–Kier alpha value is -2.29. The summed E-state index contributed by atoms with van der Waals surface area (Å²) in [5.41, 5.74) is -0.167. The third kappa shape index (κ3) is 3.05. The highest BCUT2D eigenvalue weighted by molar-refractivity contribution is 6.25. The molecule has 0 radical (unpaired) electrons. The molecule has 8 heteroatoms. The van der Waals surface area contributed by atoms with Crippen molar-refractivity contribution in [1.29, 1.82) is 0 Å². The summed E-state index contributed by atoms with van der Waals surface area (Å²) < 4.78 is 18.0. The summed E-state index contributed by atoms with van der Waals surface area (Å²) in [6, 6.07) is 0. The first-order valence-corrected chi connectivity index (χ1v) is 10.2. The van der Waals surface area contributed by atoms with Crippen LogP contribution in [-0.2, 0) is 28.6 Å². The van der Waals surface area contributed by atoms with Crippen molar-refractivity contribution >= 4 is 17.5 Å². The van der Waals surface area contributed by atoms with E-state index in [1.807, 2.05) is 40.7 Å². The van der Waals surface area contributed by atoms with Crippen LogP contribution in [0.4, 0.5) is 0 Å². The van der Waals surface area contributed by atoms with Gasteiger partial charge in [0.15, 0.2) is 29.1 Å². The molecule has 0 aromatic carbocycles. The maximum absolute atomic E-state index is 12.7. The molecule has 4 aliphatic rings. The minimum Gasteiger partial charge on any atom is -0.507 e. The molecule has 0 aliphatic carbocycles. The first-order valence-electron chi connectivity index (χ1n) is 10.2. The largest absolute Gasteiger partial charge is 0.507 e. The summed E-state index contributed by atoms with van der Waals surface area (Å²) in [4.78, 5) is 36.0. The van der Waals surface area contributed by atoms with E-state index in [1.165, 1.54) is 6.08 Å². The first-order chi connectivity index (χ1) is 14.0. The van der Waals surface area contributed by atoms with Gasteiger partial charge < -0.3 is 24.6 Å². The lowest BCUT2D eigenvalue weighted by atomic mass is 9.78. The monoisotopic (exact) mass is 417 g/mol. The van der Waals surface area contributed by atoms with Gasteiger partial charge in [0.25, 0.3) is 5.91 Å². The number of aliphatic hydroxyl groups excluding tert-OH is 1. The van der Waals surface area contributed by atoms with E-state index in [2.05, 4.69) is 5.32 Å². The number of carbonyl (C=O) groups is 3. The van der Waals surface area contributed by atoms with E-state index >= 15 is 0 Å². The van der Waals surface area contributed by atoms with Gasteiger partial charge in [0.05, 0.1) is 12.6 Å². The van der Waals surface area contributed by atoms with E-state index in [0.717, 1.165) is 5.57 Å². The fraction of sp³-hybridized carbons (Fsp3) is 0.591. The van der Waals surface area contributed by atoms with Gasteiger partial charge in [0.2, 0.25) is 0 Å². The number of rotatable bonds is 4. The van der Waals surface area contributed by atoms with E-state index < -0.39 is 35.3 Å². The minimum atomic E-state index is -0.988. The minimum absolute atomic E-state index is 0.0281. The number of hydrogen-bond acceptors (Lipinski definition) is 7. The highest BCUT2D eigenvalue weighted by Crippen LogP contribution is 2.57. The Balaban J connectivity index is 1.51. The second-order valence-corrected chi connectivity index (χ2v) is 8.90. The van der Waals surface area contributed by atoms with Crippen molar-refractivity contribution < 1.29 is 33.7 Å². The van der Waals surface area contributed by atoms with Crippen LogP contribution >= 0.6 is 0 Å². The molecule has 4 fully saturated rings. The van der Waals surface area contributed by atoms with E-state index in [1.54, 1.807) is 6.08 Å². The Bertz CT molecular complexity index is 900. The van der Waals surface area contributed by atoms with E-state index in [4.69, 9.17) is 14.2 Å². The van der Waals surface area contributed by atoms with Crippen molar-refractivity contribution in [2.24, 2.45) is 11.8 Å². The molecular weight excluding hydrogens is 390 g/mol. The van der Waals surface area contributed by atoms with Gasteiger partial charge in [-0.15, -0.1) is 0 Å². The summed E-state index contributed by atoms with van der Waals surface area (Å²) in [6.07, 6.45) is 3.64. The molecule has 4 saturated heterocycles. The average molecular weight is 417 g/mol. The maximum Gasteiger partial charge on any atom is 0.259 e. The zero-order chi connectivity index (χ0) is 22.0. The van der Waals surface area contributed by atoms with Crippen molar-refractivity contribution in [3.63, 3.8) is 0 Å². The lowest BCUT2D eigenvalue weighted by Gasteiger charge is -2.51. The zero-order valence-electron chi connectivity index (χ0n) is 17.7. The number of aliphatic hydroxyl groups is 1. The number of amides is 1. The summed E-state index contributed by atoms with van der Waals surface area (Å²) in [6.45, 7) is 9.34.